The van der Waals surface area contributed by atoms with Gasteiger partial charge in [-0.15, -0.1) is 0 Å². The number of hydrogen-bond acceptors (Lipinski definition) is 4. The van der Waals surface area contributed by atoms with Crippen LogP contribution < -0.4 is 10.6 Å². The molecule has 5 nitrogen and oxygen atoms in total. The molecule has 2 rings (SSSR count). The molecule has 26 heavy (non-hydrogen) atoms. The predicted molar refractivity (Wildman–Crippen MR) is 102 cm³/mol. The van der Waals surface area contributed by atoms with Crippen LogP contribution in [-0.4, -0.2) is 29.3 Å². The number of ketones is 1. The van der Waals surface area contributed by atoms with Crippen LogP contribution in [0.5, 0.6) is 5.75 Å². The summed E-state index contributed by atoms with van der Waals surface area (Å²) in [7, 11) is 1.55. The second kappa shape index (κ2) is 8.15. The molecule has 5 heteroatoms. The maximum Gasteiger partial charge on any atom is 0.269 e. The maximum absolute atomic E-state index is 13.2. The first-order chi connectivity index (χ1) is 12.4. The Labute approximate surface area is 154 Å². The van der Waals surface area contributed by atoms with E-state index in [4.69, 9.17) is 10.6 Å². The van der Waals surface area contributed by atoms with E-state index in [1.165, 1.54) is 0 Å². The van der Waals surface area contributed by atoms with Crippen LogP contribution in [0.3, 0.4) is 0 Å². The van der Waals surface area contributed by atoms with Gasteiger partial charge >= 0.3 is 0 Å². The van der Waals surface area contributed by atoms with E-state index >= 15 is 0 Å². The number of carbonyl (C=O) groups excluding carboxylic acids is 2. The minimum Gasteiger partial charge on any atom is -0.496 e. The number of hydrazine groups is 1. The zero-order chi connectivity index (χ0) is 19.3. The number of methoxy groups -OCH3 is 1. The molecule has 0 saturated carbocycles. The van der Waals surface area contributed by atoms with Crippen molar-refractivity contribution in [2.75, 3.05) is 7.11 Å². The highest BCUT2D eigenvalue weighted by molar-refractivity contribution is 6.07. The highest BCUT2D eigenvalue weighted by Crippen LogP contribution is 2.30. The van der Waals surface area contributed by atoms with Gasteiger partial charge in [-0.1, -0.05) is 50.2 Å². The number of benzene rings is 2. The van der Waals surface area contributed by atoms with Crippen LogP contribution in [0.15, 0.2) is 48.5 Å². The number of carbonyl (C=O) groups is 2. The van der Waals surface area contributed by atoms with E-state index in [1.807, 2.05) is 19.9 Å². The molecule has 0 bridgehead atoms. The molecule has 1 amide bonds. The number of rotatable bonds is 7. The fourth-order valence-electron chi connectivity index (χ4n) is 3.27. The number of nitrogens with two attached hydrogens (primary N) is 1. The molecule has 0 aliphatic rings. The van der Waals surface area contributed by atoms with Crippen LogP contribution >= 0.6 is 0 Å². The molecule has 0 aromatic heterocycles. The van der Waals surface area contributed by atoms with Gasteiger partial charge < -0.3 is 4.74 Å². The molecule has 0 radical (unpaired) electrons. The first kappa shape index (κ1) is 19.7. The second-order valence-electron chi connectivity index (χ2n) is 6.24. The summed E-state index contributed by atoms with van der Waals surface area (Å²) < 4.78 is 5.29. The molecule has 138 valence electrons. The van der Waals surface area contributed by atoms with Gasteiger partial charge in [-0.3, -0.25) is 14.6 Å². The van der Waals surface area contributed by atoms with Crippen LogP contribution in [0.1, 0.15) is 53.0 Å². The van der Waals surface area contributed by atoms with Crippen molar-refractivity contribution in [3.8, 4) is 5.75 Å². The highest BCUT2D eigenvalue weighted by atomic mass is 16.5. The third-order valence-electron chi connectivity index (χ3n) is 5.04. The van der Waals surface area contributed by atoms with Gasteiger partial charge in [0.05, 0.1) is 7.11 Å². The summed E-state index contributed by atoms with van der Waals surface area (Å²) in [4.78, 5) is 26.3. The van der Waals surface area contributed by atoms with E-state index in [0.29, 0.717) is 35.3 Å². The molecule has 0 aliphatic carbocycles. The third kappa shape index (κ3) is 3.35. The quantitative estimate of drug-likeness (QED) is 0.356. The SMILES string of the molecule is CCC(CC)(C(=O)c1ccccc1)N(N)C(=O)c1cccc(OC)c1C. The largest absolute Gasteiger partial charge is 0.496 e. The minimum absolute atomic E-state index is 0.153. The van der Waals surface area contributed by atoms with Gasteiger partial charge in [0.2, 0.25) is 0 Å². The average molecular weight is 354 g/mol. The van der Waals surface area contributed by atoms with Gasteiger partial charge in [0.15, 0.2) is 5.78 Å². The fraction of sp³-hybridized carbons (Fsp3) is 0.333. The molecule has 0 atom stereocenters. The Morgan fingerprint density at radius 3 is 2.19 bits per heavy atom. The zero-order valence-electron chi connectivity index (χ0n) is 15.8. The van der Waals surface area contributed by atoms with Crippen molar-refractivity contribution >= 4 is 11.7 Å². The molecule has 2 aromatic carbocycles. The molecule has 0 heterocycles. The van der Waals surface area contributed by atoms with Crippen molar-refractivity contribution in [1.29, 1.82) is 0 Å². The molecule has 2 N–H and O–H groups in total. The van der Waals surface area contributed by atoms with Gasteiger partial charge in [0.1, 0.15) is 11.3 Å². The first-order valence-electron chi connectivity index (χ1n) is 8.75. The van der Waals surface area contributed by atoms with E-state index in [-0.39, 0.29) is 5.78 Å². The fourth-order valence-corrected chi connectivity index (χ4v) is 3.27. The molecule has 0 aliphatic heterocycles. The van der Waals surface area contributed by atoms with E-state index in [0.717, 1.165) is 5.01 Å². The Bertz CT molecular complexity index is 783. The van der Waals surface area contributed by atoms with Crippen molar-refractivity contribution < 1.29 is 14.3 Å². The Morgan fingerprint density at radius 1 is 1.04 bits per heavy atom. The summed E-state index contributed by atoms with van der Waals surface area (Å²) in [5.41, 5.74) is 0.568. The molecular weight excluding hydrogens is 328 g/mol. The molecule has 0 unspecified atom stereocenters. The van der Waals surface area contributed by atoms with Crippen LogP contribution in [0.4, 0.5) is 0 Å². The lowest BCUT2D eigenvalue weighted by Gasteiger charge is -2.39. The first-order valence-corrected chi connectivity index (χ1v) is 8.75. The number of ether oxygens (including phenoxy) is 1. The van der Waals surface area contributed by atoms with Crippen molar-refractivity contribution in [3.63, 3.8) is 0 Å². The molecule has 0 spiro atoms. The van der Waals surface area contributed by atoms with Gasteiger partial charge in [-0.2, -0.15) is 0 Å². The summed E-state index contributed by atoms with van der Waals surface area (Å²) >= 11 is 0. The van der Waals surface area contributed by atoms with E-state index in [1.54, 1.807) is 56.5 Å². The highest BCUT2D eigenvalue weighted by Gasteiger charge is 2.43. The molecule has 0 saturated heterocycles. The van der Waals surface area contributed by atoms with Crippen LogP contribution in [-0.2, 0) is 0 Å². The summed E-state index contributed by atoms with van der Waals surface area (Å²) in [6, 6.07) is 14.2. The standard InChI is InChI=1S/C21H26N2O3/c1-5-21(6-2,19(24)16-11-8-7-9-12-16)23(22)20(25)17-13-10-14-18(26-4)15(17)3/h7-14H,5-6,22H2,1-4H3. The molecular formula is C21H26N2O3. The molecule has 0 fully saturated rings. The Kier molecular flexibility index (Phi) is 6.16. The maximum atomic E-state index is 13.2. The predicted octanol–water partition coefficient (Wildman–Crippen LogP) is 3.76. The summed E-state index contributed by atoms with van der Waals surface area (Å²) in [6.45, 7) is 5.55. The summed E-state index contributed by atoms with van der Waals surface area (Å²) in [5.74, 6) is 6.33. The summed E-state index contributed by atoms with van der Waals surface area (Å²) in [5, 5.41) is 1.10. The van der Waals surface area contributed by atoms with Crippen LogP contribution in [0.2, 0.25) is 0 Å². The zero-order valence-corrected chi connectivity index (χ0v) is 15.8. The normalized spacial score (nSPS) is 11.1. The Hall–Kier alpha value is -2.66. The van der Waals surface area contributed by atoms with Crippen LogP contribution in [0.25, 0.3) is 0 Å². The second-order valence-corrected chi connectivity index (χ2v) is 6.24. The monoisotopic (exact) mass is 354 g/mol. The van der Waals surface area contributed by atoms with Crippen molar-refractivity contribution in [2.24, 2.45) is 5.84 Å². The van der Waals surface area contributed by atoms with Crippen LogP contribution in [0, 0.1) is 6.92 Å². The van der Waals surface area contributed by atoms with Gasteiger partial charge in [-0.05, 0) is 31.9 Å². The Balaban J connectivity index is 2.47. The smallest absolute Gasteiger partial charge is 0.269 e. The number of amides is 1. The van der Waals surface area contributed by atoms with Crippen molar-refractivity contribution in [2.45, 2.75) is 39.2 Å². The van der Waals surface area contributed by atoms with Gasteiger partial charge in [-0.25, -0.2) is 5.84 Å². The number of hydrogen-bond donors (Lipinski definition) is 1. The summed E-state index contributed by atoms with van der Waals surface area (Å²) in [6.07, 6.45) is 0.838. The van der Waals surface area contributed by atoms with Crippen molar-refractivity contribution in [3.05, 3.63) is 65.2 Å². The van der Waals surface area contributed by atoms with Gasteiger partial charge in [0.25, 0.3) is 5.91 Å². The third-order valence-corrected chi connectivity index (χ3v) is 5.04. The van der Waals surface area contributed by atoms with E-state index in [2.05, 4.69) is 0 Å². The lowest BCUT2D eigenvalue weighted by atomic mass is 9.83. The van der Waals surface area contributed by atoms with Crippen molar-refractivity contribution in [1.82, 2.24) is 5.01 Å². The number of nitrogens with zero attached hydrogens (tertiary/aromatic N) is 1. The number of Topliss-reactive ketones (excluding diaryl/α,β-unsaturated/α-hetero) is 1. The average Bonchev–Trinajstić information content (AvgIpc) is 2.69. The van der Waals surface area contributed by atoms with E-state index in [9.17, 15) is 9.59 Å². The van der Waals surface area contributed by atoms with E-state index < -0.39 is 11.4 Å². The van der Waals surface area contributed by atoms with Gasteiger partial charge in [0, 0.05) is 16.7 Å². The molecule has 2 aromatic rings. The Morgan fingerprint density at radius 2 is 1.65 bits per heavy atom. The lowest BCUT2D eigenvalue weighted by molar-refractivity contribution is 0.0375. The minimum atomic E-state index is -1.10. The topological polar surface area (TPSA) is 72.6 Å². The lowest BCUT2D eigenvalue weighted by Crippen LogP contribution is -2.60.